The molecule has 3 nitrogen and oxygen atoms in total. The van der Waals surface area contributed by atoms with Crippen molar-refractivity contribution < 1.29 is 4.79 Å². The molecule has 0 aromatic carbocycles. The first-order valence-corrected chi connectivity index (χ1v) is 6.10. The SMILES string of the molecule is CC1=CCCN(C(=O)c2cc(Cl)nc(Cl)c2)C1. The summed E-state index contributed by atoms with van der Waals surface area (Å²) in [6, 6.07) is 3.09. The van der Waals surface area contributed by atoms with Gasteiger partial charge in [0.05, 0.1) is 0 Å². The van der Waals surface area contributed by atoms with E-state index < -0.39 is 0 Å². The van der Waals surface area contributed by atoms with E-state index in [4.69, 9.17) is 23.2 Å². The largest absolute Gasteiger partial charge is 0.334 e. The van der Waals surface area contributed by atoms with Crippen molar-refractivity contribution in [3.8, 4) is 0 Å². The van der Waals surface area contributed by atoms with Crippen molar-refractivity contribution >= 4 is 29.1 Å². The predicted molar refractivity (Wildman–Crippen MR) is 68.5 cm³/mol. The number of aromatic nitrogens is 1. The second-order valence-electron chi connectivity index (χ2n) is 4.07. The molecule has 1 aliphatic rings. The lowest BCUT2D eigenvalue weighted by atomic mass is 10.1. The highest BCUT2D eigenvalue weighted by molar-refractivity contribution is 6.33. The zero-order chi connectivity index (χ0) is 12.4. The fourth-order valence-electron chi connectivity index (χ4n) is 1.86. The lowest BCUT2D eigenvalue weighted by Gasteiger charge is -2.26. The normalized spacial score (nSPS) is 15.7. The number of hydrogen-bond donors (Lipinski definition) is 0. The van der Waals surface area contributed by atoms with Crippen molar-refractivity contribution in [2.75, 3.05) is 13.1 Å². The number of nitrogens with zero attached hydrogens (tertiary/aromatic N) is 2. The molecule has 0 atom stereocenters. The van der Waals surface area contributed by atoms with E-state index in [0.29, 0.717) is 12.1 Å². The minimum absolute atomic E-state index is 0.0522. The first-order valence-electron chi connectivity index (χ1n) is 5.34. The lowest BCUT2D eigenvalue weighted by Crippen LogP contribution is -2.35. The number of carbonyl (C=O) groups excluding carboxylic acids is 1. The van der Waals surface area contributed by atoms with E-state index in [9.17, 15) is 4.79 Å². The molecule has 0 spiro atoms. The summed E-state index contributed by atoms with van der Waals surface area (Å²) >= 11 is 11.6. The van der Waals surface area contributed by atoms with Crippen molar-refractivity contribution in [3.63, 3.8) is 0 Å². The number of amides is 1. The van der Waals surface area contributed by atoms with E-state index in [1.807, 2.05) is 6.92 Å². The number of hydrogen-bond acceptors (Lipinski definition) is 2. The molecule has 1 amide bonds. The Hall–Kier alpha value is -1.06. The Bertz CT molecular complexity index is 465. The summed E-state index contributed by atoms with van der Waals surface area (Å²) in [5.41, 5.74) is 1.69. The van der Waals surface area contributed by atoms with Gasteiger partial charge in [-0.15, -0.1) is 0 Å². The van der Waals surface area contributed by atoms with Crippen LogP contribution in [-0.2, 0) is 0 Å². The van der Waals surface area contributed by atoms with Crippen LogP contribution in [0.3, 0.4) is 0 Å². The molecule has 0 saturated heterocycles. The third-order valence-electron chi connectivity index (χ3n) is 2.63. The van der Waals surface area contributed by atoms with Gasteiger partial charge in [-0.1, -0.05) is 34.9 Å². The Balaban J connectivity index is 2.22. The average molecular weight is 271 g/mol. The zero-order valence-corrected chi connectivity index (χ0v) is 10.9. The molecule has 0 unspecified atom stereocenters. The Morgan fingerprint density at radius 2 is 2.00 bits per heavy atom. The molecule has 90 valence electrons. The summed E-state index contributed by atoms with van der Waals surface area (Å²) in [6.45, 7) is 3.41. The maximum Gasteiger partial charge on any atom is 0.254 e. The van der Waals surface area contributed by atoms with Crippen LogP contribution in [0.15, 0.2) is 23.8 Å². The molecule has 0 saturated carbocycles. The van der Waals surface area contributed by atoms with Crippen LogP contribution in [0.25, 0.3) is 0 Å². The molecule has 5 heteroatoms. The van der Waals surface area contributed by atoms with Crippen LogP contribution in [0.1, 0.15) is 23.7 Å². The molecule has 0 radical (unpaired) electrons. The second kappa shape index (κ2) is 5.07. The molecule has 0 N–H and O–H groups in total. The Kier molecular flexibility index (Phi) is 3.69. The molecule has 0 aliphatic carbocycles. The van der Waals surface area contributed by atoms with Gasteiger partial charge in [-0.3, -0.25) is 4.79 Å². The third kappa shape index (κ3) is 2.99. The average Bonchev–Trinajstić information content (AvgIpc) is 2.26. The number of pyridine rings is 1. The van der Waals surface area contributed by atoms with Crippen molar-refractivity contribution in [1.82, 2.24) is 9.88 Å². The fraction of sp³-hybridized carbons (Fsp3) is 0.333. The lowest BCUT2D eigenvalue weighted by molar-refractivity contribution is 0.0766. The van der Waals surface area contributed by atoms with Crippen LogP contribution in [-0.4, -0.2) is 28.9 Å². The van der Waals surface area contributed by atoms with Crippen molar-refractivity contribution in [1.29, 1.82) is 0 Å². The minimum Gasteiger partial charge on any atom is -0.334 e. The Morgan fingerprint density at radius 1 is 1.35 bits per heavy atom. The Morgan fingerprint density at radius 3 is 2.59 bits per heavy atom. The van der Waals surface area contributed by atoms with Gasteiger partial charge in [0.1, 0.15) is 10.3 Å². The number of rotatable bonds is 1. The molecule has 1 aromatic heterocycles. The van der Waals surface area contributed by atoms with Gasteiger partial charge in [0.25, 0.3) is 5.91 Å². The molecule has 17 heavy (non-hydrogen) atoms. The van der Waals surface area contributed by atoms with Crippen LogP contribution < -0.4 is 0 Å². The second-order valence-corrected chi connectivity index (χ2v) is 4.84. The molecular weight excluding hydrogens is 259 g/mol. The van der Waals surface area contributed by atoms with Gasteiger partial charge in [0, 0.05) is 18.7 Å². The quantitative estimate of drug-likeness (QED) is 0.580. The van der Waals surface area contributed by atoms with Crippen molar-refractivity contribution in [2.24, 2.45) is 0 Å². The van der Waals surface area contributed by atoms with Crippen LogP contribution in [0.2, 0.25) is 10.3 Å². The van der Waals surface area contributed by atoms with Crippen molar-refractivity contribution in [2.45, 2.75) is 13.3 Å². The van der Waals surface area contributed by atoms with Crippen LogP contribution in [0.5, 0.6) is 0 Å². The molecule has 2 heterocycles. The number of halogens is 2. The summed E-state index contributed by atoms with van der Waals surface area (Å²) in [7, 11) is 0. The summed E-state index contributed by atoms with van der Waals surface area (Å²) in [5, 5.41) is 0.482. The maximum absolute atomic E-state index is 12.2. The highest BCUT2D eigenvalue weighted by atomic mass is 35.5. The van der Waals surface area contributed by atoms with Gasteiger partial charge >= 0.3 is 0 Å². The zero-order valence-electron chi connectivity index (χ0n) is 9.41. The summed E-state index contributed by atoms with van der Waals surface area (Å²) < 4.78 is 0. The molecule has 1 aromatic rings. The van der Waals surface area contributed by atoms with Crippen LogP contribution in [0, 0.1) is 0 Å². The molecule has 0 fully saturated rings. The van der Waals surface area contributed by atoms with E-state index in [1.54, 1.807) is 17.0 Å². The summed E-state index contributed by atoms with van der Waals surface area (Å²) in [6.07, 6.45) is 3.04. The first-order chi connectivity index (χ1) is 8.06. The van der Waals surface area contributed by atoms with Gasteiger partial charge in [-0.25, -0.2) is 4.98 Å². The monoisotopic (exact) mass is 270 g/mol. The van der Waals surface area contributed by atoms with Crippen LogP contribution in [0.4, 0.5) is 0 Å². The standard InChI is InChI=1S/C12H12Cl2N2O/c1-8-3-2-4-16(7-8)12(17)9-5-10(13)15-11(14)6-9/h3,5-6H,2,4,7H2,1H3. The van der Waals surface area contributed by atoms with E-state index in [-0.39, 0.29) is 16.2 Å². The summed E-state index contributed by atoms with van der Waals surface area (Å²) in [4.78, 5) is 17.8. The molecule has 2 rings (SSSR count). The summed E-state index contributed by atoms with van der Waals surface area (Å²) in [5.74, 6) is -0.0522. The van der Waals surface area contributed by atoms with E-state index >= 15 is 0 Å². The van der Waals surface area contributed by atoms with Gasteiger partial charge in [-0.2, -0.15) is 0 Å². The Labute approximate surface area is 110 Å². The maximum atomic E-state index is 12.2. The first kappa shape index (κ1) is 12.4. The van der Waals surface area contributed by atoms with E-state index in [2.05, 4.69) is 11.1 Å². The van der Waals surface area contributed by atoms with Crippen LogP contribution >= 0.6 is 23.2 Å². The minimum atomic E-state index is -0.0522. The van der Waals surface area contributed by atoms with E-state index in [1.165, 1.54) is 5.57 Å². The van der Waals surface area contributed by atoms with E-state index in [0.717, 1.165) is 13.0 Å². The predicted octanol–water partition coefficient (Wildman–Crippen LogP) is 3.18. The highest BCUT2D eigenvalue weighted by Crippen LogP contribution is 2.18. The van der Waals surface area contributed by atoms with Gasteiger partial charge < -0.3 is 4.90 Å². The van der Waals surface area contributed by atoms with Gasteiger partial charge in [-0.05, 0) is 25.5 Å². The molecule has 1 aliphatic heterocycles. The number of carbonyl (C=O) groups is 1. The molecular formula is C12H12Cl2N2O. The topological polar surface area (TPSA) is 33.2 Å². The third-order valence-corrected chi connectivity index (χ3v) is 3.02. The van der Waals surface area contributed by atoms with Gasteiger partial charge in [0.2, 0.25) is 0 Å². The smallest absolute Gasteiger partial charge is 0.254 e. The van der Waals surface area contributed by atoms with Gasteiger partial charge in [0.15, 0.2) is 0 Å². The highest BCUT2D eigenvalue weighted by Gasteiger charge is 2.19. The van der Waals surface area contributed by atoms with Crippen molar-refractivity contribution in [3.05, 3.63) is 39.7 Å². The molecule has 0 bridgehead atoms. The fourth-order valence-corrected chi connectivity index (χ4v) is 2.32.